The van der Waals surface area contributed by atoms with Crippen LogP contribution in [0.2, 0.25) is 0 Å². The number of nitrogens with zero attached hydrogens (tertiary/aromatic N) is 6. The summed E-state index contributed by atoms with van der Waals surface area (Å²) in [6.07, 6.45) is 6.63. The summed E-state index contributed by atoms with van der Waals surface area (Å²) in [5.74, 6) is 0.788. The number of benzene rings is 2. The third-order valence-electron chi connectivity index (χ3n) is 10.3. The predicted molar refractivity (Wildman–Crippen MR) is 186 cm³/mol. The van der Waals surface area contributed by atoms with Crippen LogP contribution in [-0.4, -0.2) is 100 Å². The Morgan fingerprint density at radius 1 is 1.04 bits per heavy atom. The number of piperidine rings is 2. The van der Waals surface area contributed by atoms with E-state index in [-0.39, 0.29) is 12.5 Å². The lowest BCUT2D eigenvalue weighted by atomic mass is 9.72. The number of nitrogens with one attached hydrogen (secondary N) is 1. The average molecular weight is 638 g/mol. The molecule has 47 heavy (non-hydrogen) atoms. The Balaban J connectivity index is 1.08. The number of ether oxygens (including phenoxy) is 1. The molecule has 248 valence electrons. The maximum Gasteiger partial charge on any atom is 0.258 e. The maximum atomic E-state index is 13.6. The number of rotatable bonds is 8. The van der Waals surface area contributed by atoms with Crippen LogP contribution in [0.15, 0.2) is 60.8 Å². The van der Waals surface area contributed by atoms with E-state index in [2.05, 4.69) is 44.2 Å². The number of pyridine rings is 1. The molecule has 3 fully saturated rings. The standard InChI is InChI=1S/C37H47N7O3/c1-36(2,46)23-44-32-22-28(42-17-12-27(13-18-42)43-19-14-37(15-20-43)24-41(3)25-37)9-10-30(32)39-35(44)40-34(45)26-11-16-38-31(21-26)29-7-5-6-8-33(29)47-4/h5-11,16,21-22,27,46H,12-15,17-20,23-25H2,1-4H3,(H,39,40,45). The number of amides is 1. The Morgan fingerprint density at radius 3 is 2.49 bits per heavy atom. The highest BCUT2D eigenvalue weighted by Gasteiger charge is 2.44. The highest BCUT2D eigenvalue weighted by atomic mass is 16.5. The lowest BCUT2D eigenvalue weighted by molar-refractivity contribution is -0.0419. The van der Waals surface area contributed by atoms with Crippen molar-refractivity contribution in [1.82, 2.24) is 24.3 Å². The Bertz CT molecular complexity index is 1740. The van der Waals surface area contributed by atoms with Gasteiger partial charge in [-0.25, -0.2) is 4.98 Å². The first kappa shape index (κ1) is 31.6. The van der Waals surface area contributed by atoms with Crippen LogP contribution in [0.25, 0.3) is 22.3 Å². The molecule has 3 saturated heterocycles. The second kappa shape index (κ2) is 12.6. The van der Waals surface area contributed by atoms with E-state index in [0.717, 1.165) is 48.2 Å². The predicted octanol–water partition coefficient (Wildman–Crippen LogP) is 5.13. The Kier molecular flexibility index (Phi) is 8.44. The fourth-order valence-corrected chi connectivity index (χ4v) is 7.97. The van der Waals surface area contributed by atoms with Gasteiger partial charge in [0.1, 0.15) is 5.75 Å². The second-order valence-corrected chi connectivity index (χ2v) is 14.5. The summed E-state index contributed by atoms with van der Waals surface area (Å²) in [6, 6.07) is 18.0. The second-order valence-electron chi connectivity index (χ2n) is 14.5. The van der Waals surface area contributed by atoms with E-state index in [1.54, 1.807) is 39.3 Å². The van der Waals surface area contributed by atoms with Gasteiger partial charge in [-0.05, 0) is 108 Å². The monoisotopic (exact) mass is 637 g/mol. The van der Waals surface area contributed by atoms with Gasteiger partial charge in [0.05, 0.1) is 36.0 Å². The number of aromatic nitrogens is 3. The number of aliphatic hydroxyl groups is 1. The number of carbonyl (C=O) groups excluding carboxylic acids is 1. The molecule has 1 spiro atoms. The van der Waals surface area contributed by atoms with Crippen LogP contribution in [0.3, 0.4) is 0 Å². The molecule has 7 rings (SSSR count). The van der Waals surface area contributed by atoms with Crippen LogP contribution in [0.1, 0.15) is 49.9 Å². The van der Waals surface area contributed by atoms with Gasteiger partial charge in [-0.1, -0.05) is 12.1 Å². The van der Waals surface area contributed by atoms with Crippen molar-refractivity contribution in [2.24, 2.45) is 5.41 Å². The summed E-state index contributed by atoms with van der Waals surface area (Å²) < 4.78 is 7.43. The van der Waals surface area contributed by atoms with Crippen LogP contribution < -0.4 is 15.0 Å². The smallest absolute Gasteiger partial charge is 0.258 e. The van der Waals surface area contributed by atoms with E-state index in [1.165, 1.54) is 39.0 Å². The van der Waals surface area contributed by atoms with Crippen molar-refractivity contribution in [2.75, 3.05) is 63.6 Å². The minimum atomic E-state index is -1.02. The molecule has 0 bridgehead atoms. The van der Waals surface area contributed by atoms with E-state index in [1.807, 2.05) is 34.9 Å². The fourth-order valence-electron chi connectivity index (χ4n) is 7.97. The van der Waals surface area contributed by atoms with Crippen molar-refractivity contribution in [3.63, 3.8) is 0 Å². The first-order valence-electron chi connectivity index (χ1n) is 16.9. The van der Waals surface area contributed by atoms with Gasteiger partial charge in [-0.15, -0.1) is 0 Å². The molecule has 4 aromatic rings. The number of carbonyl (C=O) groups is 1. The van der Waals surface area contributed by atoms with E-state index < -0.39 is 5.60 Å². The number of methoxy groups -OCH3 is 1. The van der Waals surface area contributed by atoms with Crippen LogP contribution in [0, 0.1) is 5.41 Å². The number of imidazole rings is 1. The van der Waals surface area contributed by atoms with Gasteiger partial charge in [0, 0.05) is 55.2 Å². The normalized spacial score (nSPS) is 19.2. The molecular formula is C37H47N7O3. The van der Waals surface area contributed by atoms with Crippen molar-refractivity contribution >= 4 is 28.6 Å². The van der Waals surface area contributed by atoms with Crippen LogP contribution in [-0.2, 0) is 6.54 Å². The highest BCUT2D eigenvalue weighted by Crippen LogP contribution is 2.41. The first-order valence-corrected chi connectivity index (χ1v) is 16.9. The molecule has 0 unspecified atom stereocenters. The summed E-state index contributed by atoms with van der Waals surface area (Å²) in [6.45, 7) is 10.9. The van der Waals surface area contributed by atoms with Gasteiger partial charge in [-0.2, -0.15) is 0 Å². The fraction of sp³-hybridized carbons (Fsp3) is 0.486. The molecule has 1 amide bonds. The number of anilines is 2. The average Bonchev–Trinajstić information content (AvgIpc) is 3.39. The van der Waals surface area contributed by atoms with Gasteiger partial charge in [0.25, 0.3) is 5.91 Å². The zero-order valence-corrected chi connectivity index (χ0v) is 28.1. The summed E-state index contributed by atoms with van der Waals surface area (Å²) >= 11 is 0. The van der Waals surface area contributed by atoms with Gasteiger partial charge in [-0.3, -0.25) is 15.1 Å². The molecule has 2 aromatic heterocycles. The van der Waals surface area contributed by atoms with Crippen LogP contribution >= 0.6 is 0 Å². The molecule has 0 saturated carbocycles. The SMILES string of the molecule is COc1ccccc1-c1cc(C(=O)Nc2nc3ccc(N4CCC(N5CCC6(CC5)CN(C)C6)CC4)cc3n2CC(C)(C)O)ccn1. The van der Waals surface area contributed by atoms with Gasteiger partial charge >= 0.3 is 0 Å². The van der Waals surface area contributed by atoms with Crippen LogP contribution in [0.4, 0.5) is 11.6 Å². The zero-order chi connectivity index (χ0) is 32.8. The van der Waals surface area contributed by atoms with Gasteiger partial charge < -0.3 is 29.1 Å². The quantitative estimate of drug-likeness (QED) is 0.275. The van der Waals surface area contributed by atoms with Crippen molar-refractivity contribution in [2.45, 2.75) is 57.7 Å². The van der Waals surface area contributed by atoms with Crippen molar-refractivity contribution in [3.05, 3.63) is 66.4 Å². The topological polar surface area (TPSA) is 99.0 Å². The lowest BCUT2D eigenvalue weighted by Crippen LogP contribution is -2.60. The molecule has 10 nitrogen and oxygen atoms in total. The minimum absolute atomic E-state index is 0.277. The molecule has 2 N–H and O–H groups in total. The maximum absolute atomic E-state index is 13.6. The van der Waals surface area contributed by atoms with Crippen molar-refractivity contribution in [1.29, 1.82) is 0 Å². The molecule has 0 atom stereocenters. The third kappa shape index (κ3) is 6.59. The molecule has 10 heteroatoms. The van der Waals surface area contributed by atoms with Crippen molar-refractivity contribution in [3.8, 4) is 17.0 Å². The Morgan fingerprint density at radius 2 is 1.79 bits per heavy atom. The van der Waals surface area contributed by atoms with Gasteiger partial charge in [0.15, 0.2) is 0 Å². The summed E-state index contributed by atoms with van der Waals surface area (Å²) in [5.41, 5.74) is 4.28. The molecule has 5 heterocycles. The highest BCUT2D eigenvalue weighted by molar-refractivity contribution is 6.04. The number of hydrogen-bond acceptors (Lipinski definition) is 8. The minimum Gasteiger partial charge on any atom is -0.496 e. The number of fused-ring (bicyclic) bond motifs is 1. The first-order chi connectivity index (χ1) is 22.6. The van der Waals surface area contributed by atoms with E-state index in [0.29, 0.717) is 34.4 Å². The van der Waals surface area contributed by atoms with E-state index in [9.17, 15) is 9.90 Å². The molecule has 3 aliphatic heterocycles. The molecule has 0 aliphatic carbocycles. The number of para-hydroxylation sites is 1. The lowest BCUT2D eigenvalue weighted by Gasteiger charge is -2.54. The third-order valence-corrected chi connectivity index (χ3v) is 10.3. The van der Waals surface area contributed by atoms with Gasteiger partial charge in [0.2, 0.25) is 5.95 Å². The zero-order valence-electron chi connectivity index (χ0n) is 28.1. The van der Waals surface area contributed by atoms with Crippen LogP contribution in [0.5, 0.6) is 5.75 Å². The number of hydrogen-bond donors (Lipinski definition) is 2. The number of likely N-dealkylation sites (tertiary alicyclic amines) is 2. The van der Waals surface area contributed by atoms with E-state index >= 15 is 0 Å². The summed E-state index contributed by atoms with van der Waals surface area (Å²) in [5, 5.41) is 13.9. The molecular weight excluding hydrogens is 590 g/mol. The Labute approximate surface area is 277 Å². The molecule has 2 aromatic carbocycles. The largest absolute Gasteiger partial charge is 0.496 e. The summed E-state index contributed by atoms with van der Waals surface area (Å²) in [7, 11) is 3.86. The Hall–Kier alpha value is -3.99. The van der Waals surface area contributed by atoms with Crippen molar-refractivity contribution < 1.29 is 14.6 Å². The molecule has 0 radical (unpaired) electrons. The summed E-state index contributed by atoms with van der Waals surface area (Å²) in [4.78, 5) is 30.6. The van der Waals surface area contributed by atoms with E-state index in [4.69, 9.17) is 9.72 Å². The molecule has 3 aliphatic rings.